The Bertz CT molecular complexity index is 537. The van der Waals surface area contributed by atoms with Crippen molar-refractivity contribution in [3.63, 3.8) is 0 Å². The van der Waals surface area contributed by atoms with Gasteiger partial charge in [-0.2, -0.15) is 12.7 Å². The molecule has 19 heavy (non-hydrogen) atoms. The van der Waals surface area contributed by atoms with Crippen molar-refractivity contribution < 1.29 is 13.5 Å². The molecule has 0 aromatic heterocycles. The second-order valence-corrected chi connectivity index (χ2v) is 7.44. The zero-order chi connectivity index (χ0) is 14.1. The van der Waals surface area contributed by atoms with E-state index in [0.29, 0.717) is 25.9 Å². The van der Waals surface area contributed by atoms with Gasteiger partial charge in [0.25, 0.3) is 10.2 Å². The van der Waals surface area contributed by atoms with Crippen molar-refractivity contribution in [2.45, 2.75) is 18.4 Å². The maximum Gasteiger partial charge on any atom is 0.279 e. The molecule has 1 saturated heterocycles. The number of piperidine rings is 1. The van der Waals surface area contributed by atoms with Crippen molar-refractivity contribution in [2.75, 3.05) is 20.1 Å². The van der Waals surface area contributed by atoms with E-state index < -0.39 is 15.8 Å². The molecule has 0 spiro atoms. The Morgan fingerprint density at radius 3 is 2.26 bits per heavy atom. The van der Waals surface area contributed by atoms with Crippen molar-refractivity contribution in [1.82, 2.24) is 9.03 Å². The lowest BCUT2D eigenvalue weighted by Crippen LogP contribution is -2.48. The van der Waals surface area contributed by atoms with E-state index in [2.05, 4.69) is 20.7 Å². The molecule has 0 atom stereocenters. The molecule has 1 aromatic rings. The zero-order valence-electron chi connectivity index (χ0n) is 10.6. The summed E-state index contributed by atoms with van der Waals surface area (Å²) in [5.74, 6) is 0. The van der Waals surface area contributed by atoms with E-state index in [1.54, 1.807) is 0 Å². The minimum Gasteiger partial charge on any atom is -0.385 e. The third kappa shape index (κ3) is 3.17. The maximum absolute atomic E-state index is 11.7. The molecular weight excluding hydrogens is 332 g/mol. The van der Waals surface area contributed by atoms with Crippen LogP contribution in [0.2, 0.25) is 0 Å². The van der Waals surface area contributed by atoms with Gasteiger partial charge < -0.3 is 5.11 Å². The number of benzene rings is 1. The molecular formula is C12H17BrN2O3S. The van der Waals surface area contributed by atoms with E-state index in [1.165, 1.54) is 11.4 Å². The molecule has 1 fully saturated rings. The van der Waals surface area contributed by atoms with Crippen LogP contribution < -0.4 is 4.72 Å². The fraction of sp³-hybridized carbons (Fsp3) is 0.500. The predicted octanol–water partition coefficient (Wildman–Crippen LogP) is 1.20. The molecule has 0 unspecified atom stereocenters. The van der Waals surface area contributed by atoms with Crippen LogP contribution in [0.3, 0.4) is 0 Å². The van der Waals surface area contributed by atoms with Gasteiger partial charge in [0.15, 0.2) is 0 Å². The smallest absolute Gasteiger partial charge is 0.279 e. The second-order valence-electron chi connectivity index (χ2n) is 4.65. The summed E-state index contributed by atoms with van der Waals surface area (Å²) in [6.07, 6.45) is 0.797. The fourth-order valence-corrected chi connectivity index (χ4v) is 3.46. The molecule has 1 aliphatic heterocycles. The number of halogens is 1. The van der Waals surface area contributed by atoms with Gasteiger partial charge in [0.2, 0.25) is 0 Å². The lowest BCUT2D eigenvalue weighted by Gasteiger charge is -2.37. The standard InChI is InChI=1S/C12H17BrN2O3S/c1-14-19(17,18)15-8-6-12(16,7-9-15)10-2-4-11(13)5-3-10/h2-5,14,16H,6-9H2,1H3. The average Bonchev–Trinajstić information content (AvgIpc) is 2.40. The zero-order valence-corrected chi connectivity index (χ0v) is 13.0. The monoisotopic (exact) mass is 348 g/mol. The molecule has 0 amide bonds. The number of nitrogens with one attached hydrogen (secondary N) is 1. The number of aliphatic hydroxyl groups is 1. The minimum absolute atomic E-state index is 0.315. The van der Waals surface area contributed by atoms with Crippen LogP contribution >= 0.6 is 15.9 Å². The molecule has 1 aliphatic rings. The summed E-state index contributed by atoms with van der Waals surface area (Å²) in [7, 11) is -2.00. The van der Waals surface area contributed by atoms with Crippen molar-refractivity contribution in [3.8, 4) is 0 Å². The lowest BCUT2D eigenvalue weighted by atomic mass is 9.85. The van der Waals surface area contributed by atoms with Crippen molar-refractivity contribution in [1.29, 1.82) is 0 Å². The quantitative estimate of drug-likeness (QED) is 0.862. The summed E-state index contributed by atoms with van der Waals surface area (Å²) in [6.45, 7) is 0.630. The molecule has 1 heterocycles. The highest BCUT2D eigenvalue weighted by atomic mass is 79.9. The number of hydrogen-bond donors (Lipinski definition) is 2. The Morgan fingerprint density at radius 1 is 1.26 bits per heavy atom. The highest BCUT2D eigenvalue weighted by Gasteiger charge is 2.37. The summed E-state index contributed by atoms with van der Waals surface area (Å²) in [5, 5.41) is 10.6. The highest BCUT2D eigenvalue weighted by molar-refractivity contribution is 9.10. The van der Waals surface area contributed by atoms with Crippen LogP contribution in [0, 0.1) is 0 Å². The predicted molar refractivity (Wildman–Crippen MR) is 76.8 cm³/mol. The third-order valence-corrected chi connectivity index (χ3v) is 5.62. The van der Waals surface area contributed by atoms with Gasteiger partial charge >= 0.3 is 0 Å². The van der Waals surface area contributed by atoms with Crippen LogP contribution in [0.1, 0.15) is 18.4 Å². The number of nitrogens with zero attached hydrogens (tertiary/aromatic N) is 1. The molecule has 0 bridgehead atoms. The first-order valence-corrected chi connectivity index (χ1v) is 8.28. The summed E-state index contributed by atoms with van der Waals surface area (Å²) in [4.78, 5) is 0. The van der Waals surface area contributed by atoms with E-state index in [0.717, 1.165) is 10.0 Å². The molecule has 0 radical (unpaired) electrons. The molecule has 0 aliphatic carbocycles. The largest absolute Gasteiger partial charge is 0.385 e. The van der Waals surface area contributed by atoms with Gasteiger partial charge in [-0.05, 0) is 30.5 Å². The Kier molecular flexibility index (Phi) is 4.32. The fourth-order valence-electron chi connectivity index (χ4n) is 2.27. The van der Waals surface area contributed by atoms with Crippen molar-refractivity contribution in [3.05, 3.63) is 34.3 Å². The summed E-state index contributed by atoms with van der Waals surface area (Å²) >= 11 is 3.35. The first kappa shape index (κ1) is 14.9. The minimum atomic E-state index is -3.40. The molecule has 7 heteroatoms. The summed E-state index contributed by atoms with van der Waals surface area (Å²) in [5.41, 5.74) is -0.113. The highest BCUT2D eigenvalue weighted by Crippen LogP contribution is 2.33. The average molecular weight is 349 g/mol. The summed E-state index contributed by atoms with van der Waals surface area (Å²) in [6, 6.07) is 7.49. The molecule has 106 valence electrons. The van der Waals surface area contributed by atoms with Gasteiger partial charge in [0, 0.05) is 24.6 Å². The van der Waals surface area contributed by atoms with Gasteiger partial charge in [-0.1, -0.05) is 28.1 Å². The number of hydrogen-bond acceptors (Lipinski definition) is 3. The normalized spacial score (nSPS) is 20.4. The molecule has 5 nitrogen and oxygen atoms in total. The first-order chi connectivity index (χ1) is 8.87. The van der Waals surface area contributed by atoms with Crippen molar-refractivity contribution in [2.24, 2.45) is 0 Å². The van der Waals surface area contributed by atoms with Gasteiger partial charge in [-0.15, -0.1) is 0 Å². The second kappa shape index (κ2) is 5.49. The number of rotatable bonds is 3. The van der Waals surface area contributed by atoms with Gasteiger partial charge in [0.05, 0.1) is 5.60 Å². The lowest BCUT2D eigenvalue weighted by molar-refractivity contribution is -0.00977. The molecule has 2 rings (SSSR count). The van der Waals surface area contributed by atoms with Gasteiger partial charge in [-0.25, -0.2) is 4.72 Å². The Morgan fingerprint density at radius 2 is 1.79 bits per heavy atom. The molecule has 0 saturated carbocycles. The van der Waals surface area contributed by atoms with Crippen LogP contribution in [0.25, 0.3) is 0 Å². The first-order valence-electron chi connectivity index (χ1n) is 6.04. The maximum atomic E-state index is 11.7. The van der Waals surface area contributed by atoms with Gasteiger partial charge in [-0.3, -0.25) is 0 Å². The van der Waals surface area contributed by atoms with Crippen LogP contribution in [0.5, 0.6) is 0 Å². The Labute approximate surface area is 121 Å². The molecule has 1 aromatic carbocycles. The Hall–Kier alpha value is -0.470. The van der Waals surface area contributed by atoms with Crippen LogP contribution in [0.4, 0.5) is 0 Å². The summed E-state index contributed by atoms with van der Waals surface area (Å²) < 4.78 is 28.0. The molecule has 2 N–H and O–H groups in total. The van der Waals surface area contributed by atoms with E-state index in [9.17, 15) is 13.5 Å². The van der Waals surface area contributed by atoms with Crippen molar-refractivity contribution >= 4 is 26.1 Å². The SMILES string of the molecule is CNS(=O)(=O)N1CCC(O)(c2ccc(Br)cc2)CC1. The topological polar surface area (TPSA) is 69.6 Å². The van der Waals surface area contributed by atoms with Gasteiger partial charge in [0.1, 0.15) is 0 Å². The van der Waals surface area contributed by atoms with E-state index >= 15 is 0 Å². The van der Waals surface area contributed by atoms with Crippen LogP contribution in [-0.2, 0) is 15.8 Å². The van der Waals surface area contributed by atoms with E-state index in [4.69, 9.17) is 0 Å². The Balaban J connectivity index is 2.12. The third-order valence-electron chi connectivity index (χ3n) is 3.53. The van der Waals surface area contributed by atoms with E-state index in [1.807, 2.05) is 24.3 Å². The van der Waals surface area contributed by atoms with E-state index in [-0.39, 0.29) is 0 Å². The van der Waals surface area contributed by atoms with Crippen LogP contribution in [0.15, 0.2) is 28.7 Å². The van der Waals surface area contributed by atoms with Crippen LogP contribution in [-0.4, -0.2) is 38.0 Å².